The van der Waals surface area contributed by atoms with Crippen LogP contribution in [-0.2, 0) is 16.0 Å². The smallest absolute Gasteiger partial charge is 0.224 e. The minimum absolute atomic E-state index is 0.00861. The summed E-state index contributed by atoms with van der Waals surface area (Å²) in [7, 11) is 3.48. The van der Waals surface area contributed by atoms with Crippen molar-refractivity contribution in [2.75, 3.05) is 26.0 Å². The summed E-state index contributed by atoms with van der Waals surface area (Å²) in [6, 6.07) is 7.32. The molecule has 3 N–H and O–H groups in total. The fourth-order valence-corrected chi connectivity index (χ4v) is 1.63. The van der Waals surface area contributed by atoms with E-state index in [1.54, 1.807) is 7.05 Å². The summed E-state index contributed by atoms with van der Waals surface area (Å²) in [4.78, 5) is 22.8. The quantitative estimate of drug-likeness (QED) is 0.640. The van der Waals surface area contributed by atoms with Crippen LogP contribution in [0.25, 0.3) is 0 Å². The molecule has 0 radical (unpaired) electrons. The van der Waals surface area contributed by atoms with Crippen LogP contribution in [0.2, 0.25) is 0 Å². The highest BCUT2D eigenvalue weighted by Crippen LogP contribution is 2.10. The molecular weight excluding hydrogens is 242 g/mol. The number of likely N-dealkylation sites (N-methyl/N-ethyl adjacent to an activating group) is 1. The van der Waals surface area contributed by atoms with E-state index >= 15 is 0 Å². The molecule has 0 spiro atoms. The number of hydrogen-bond donors (Lipinski definition) is 3. The lowest BCUT2D eigenvalue weighted by molar-refractivity contribution is -0.120. The van der Waals surface area contributed by atoms with Gasteiger partial charge in [0.2, 0.25) is 11.8 Å². The minimum atomic E-state index is -0.0242. The Morgan fingerprint density at radius 2 is 1.74 bits per heavy atom. The van der Waals surface area contributed by atoms with Crippen molar-refractivity contribution in [1.82, 2.24) is 10.6 Å². The molecule has 1 rings (SSSR count). The van der Waals surface area contributed by atoms with Gasteiger partial charge in [-0.25, -0.2) is 0 Å². The van der Waals surface area contributed by atoms with Gasteiger partial charge in [-0.2, -0.15) is 0 Å². The van der Waals surface area contributed by atoms with E-state index in [4.69, 9.17) is 0 Å². The minimum Gasteiger partial charge on any atom is -0.359 e. The van der Waals surface area contributed by atoms with Gasteiger partial charge < -0.3 is 16.0 Å². The van der Waals surface area contributed by atoms with Crippen molar-refractivity contribution in [2.24, 2.45) is 0 Å². The van der Waals surface area contributed by atoms with Crippen LogP contribution in [0.4, 0.5) is 5.69 Å². The summed E-state index contributed by atoms with van der Waals surface area (Å²) in [5, 5.41) is 8.40. The number of rotatable bonds is 7. The summed E-state index contributed by atoms with van der Waals surface area (Å²) in [5.41, 5.74) is 1.68. The second-order valence-corrected chi connectivity index (χ2v) is 4.30. The molecule has 0 aromatic heterocycles. The summed E-state index contributed by atoms with van der Waals surface area (Å²) >= 11 is 0. The predicted octanol–water partition coefficient (Wildman–Crippen LogP) is 0.913. The molecule has 0 saturated heterocycles. The number of nitrogens with one attached hydrogen (secondary N) is 3. The zero-order chi connectivity index (χ0) is 14.1. The topological polar surface area (TPSA) is 70.2 Å². The van der Waals surface area contributed by atoms with E-state index in [0.717, 1.165) is 24.2 Å². The molecule has 5 heteroatoms. The molecule has 0 fully saturated rings. The van der Waals surface area contributed by atoms with E-state index in [1.807, 2.05) is 31.3 Å². The highest BCUT2D eigenvalue weighted by atomic mass is 16.2. The van der Waals surface area contributed by atoms with E-state index in [2.05, 4.69) is 16.0 Å². The highest BCUT2D eigenvalue weighted by Gasteiger charge is 2.03. The van der Waals surface area contributed by atoms with Crippen molar-refractivity contribution in [3.05, 3.63) is 29.8 Å². The van der Waals surface area contributed by atoms with Gasteiger partial charge in [0.15, 0.2) is 0 Å². The Morgan fingerprint density at radius 1 is 1.05 bits per heavy atom. The van der Waals surface area contributed by atoms with E-state index < -0.39 is 0 Å². The first-order chi connectivity index (χ1) is 9.15. The lowest BCUT2D eigenvalue weighted by Gasteiger charge is -2.06. The molecule has 0 aliphatic heterocycles. The summed E-state index contributed by atoms with van der Waals surface area (Å²) in [6.07, 6.45) is 1.67. The van der Waals surface area contributed by atoms with Crippen molar-refractivity contribution in [3.8, 4) is 0 Å². The maximum absolute atomic E-state index is 11.6. The van der Waals surface area contributed by atoms with Crippen LogP contribution in [-0.4, -0.2) is 32.5 Å². The predicted molar refractivity (Wildman–Crippen MR) is 76.0 cm³/mol. The second kappa shape index (κ2) is 8.26. The van der Waals surface area contributed by atoms with Crippen molar-refractivity contribution < 1.29 is 9.59 Å². The molecule has 0 atom stereocenters. The first-order valence-electron chi connectivity index (χ1n) is 6.39. The van der Waals surface area contributed by atoms with Crippen LogP contribution in [0, 0.1) is 0 Å². The molecule has 1 aromatic rings. The molecule has 0 bridgehead atoms. The first kappa shape index (κ1) is 15.2. The maximum Gasteiger partial charge on any atom is 0.224 e. The summed E-state index contributed by atoms with van der Waals surface area (Å²) in [5.74, 6) is -0.0156. The van der Waals surface area contributed by atoms with Gasteiger partial charge in [-0.05, 0) is 37.7 Å². The van der Waals surface area contributed by atoms with Crippen LogP contribution < -0.4 is 16.0 Å². The second-order valence-electron chi connectivity index (χ2n) is 4.30. The fourth-order valence-electron chi connectivity index (χ4n) is 1.63. The number of benzene rings is 1. The standard InChI is InChI=1S/C14H21N3O2/c1-15-9-3-4-13(18)17-12-7-5-11(6-8-12)10-14(19)16-2/h5-8,15H,3-4,9-10H2,1-2H3,(H,16,19)(H,17,18). The molecule has 0 aliphatic rings. The lowest BCUT2D eigenvalue weighted by atomic mass is 10.1. The van der Waals surface area contributed by atoms with E-state index in [1.165, 1.54) is 0 Å². The number of carbonyl (C=O) groups is 2. The van der Waals surface area contributed by atoms with Gasteiger partial charge in [0.05, 0.1) is 6.42 Å². The summed E-state index contributed by atoms with van der Waals surface area (Å²) in [6.45, 7) is 0.832. The third kappa shape index (κ3) is 6.01. The van der Waals surface area contributed by atoms with Crippen LogP contribution in [0.1, 0.15) is 18.4 Å². The Labute approximate surface area is 113 Å². The van der Waals surface area contributed by atoms with E-state index in [0.29, 0.717) is 12.8 Å². The fraction of sp³-hybridized carbons (Fsp3) is 0.429. The van der Waals surface area contributed by atoms with Gasteiger partial charge in [0, 0.05) is 19.2 Å². The number of carbonyl (C=O) groups excluding carboxylic acids is 2. The van der Waals surface area contributed by atoms with Crippen LogP contribution in [0.3, 0.4) is 0 Å². The van der Waals surface area contributed by atoms with Gasteiger partial charge in [-0.15, -0.1) is 0 Å². The van der Waals surface area contributed by atoms with Gasteiger partial charge in [0.25, 0.3) is 0 Å². The lowest BCUT2D eigenvalue weighted by Crippen LogP contribution is -2.19. The molecule has 104 valence electrons. The Hall–Kier alpha value is -1.88. The van der Waals surface area contributed by atoms with Gasteiger partial charge in [-0.3, -0.25) is 9.59 Å². The molecule has 19 heavy (non-hydrogen) atoms. The molecule has 2 amide bonds. The molecular formula is C14H21N3O2. The normalized spacial score (nSPS) is 10.0. The maximum atomic E-state index is 11.6. The molecule has 5 nitrogen and oxygen atoms in total. The molecule has 1 aromatic carbocycles. The average Bonchev–Trinajstić information content (AvgIpc) is 2.41. The monoisotopic (exact) mass is 263 g/mol. The van der Waals surface area contributed by atoms with Gasteiger partial charge >= 0.3 is 0 Å². The van der Waals surface area contributed by atoms with Crippen LogP contribution in [0.5, 0.6) is 0 Å². The Balaban J connectivity index is 2.43. The molecule has 0 unspecified atom stereocenters. The Kier molecular flexibility index (Phi) is 6.60. The Bertz CT molecular complexity index is 415. The van der Waals surface area contributed by atoms with Gasteiger partial charge in [0.1, 0.15) is 0 Å². The van der Waals surface area contributed by atoms with Crippen LogP contribution in [0.15, 0.2) is 24.3 Å². The first-order valence-corrected chi connectivity index (χ1v) is 6.39. The van der Waals surface area contributed by atoms with Crippen molar-refractivity contribution in [1.29, 1.82) is 0 Å². The highest BCUT2D eigenvalue weighted by molar-refractivity contribution is 5.90. The number of amides is 2. The van der Waals surface area contributed by atoms with Gasteiger partial charge in [-0.1, -0.05) is 12.1 Å². The number of hydrogen-bond acceptors (Lipinski definition) is 3. The largest absolute Gasteiger partial charge is 0.359 e. The van der Waals surface area contributed by atoms with E-state index in [-0.39, 0.29) is 11.8 Å². The Morgan fingerprint density at radius 3 is 2.32 bits per heavy atom. The molecule has 0 saturated carbocycles. The summed E-state index contributed by atoms with van der Waals surface area (Å²) < 4.78 is 0. The van der Waals surface area contributed by atoms with E-state index in [9.17, 15) is 9.59 Å². The molecule has 0 aliphatic carbocycles. The third-order valence-corrected chi connectivity index (χ3v) is 2.71. The van der Waals surface area contributed by atoms with Crippen molar-refractivity contribution >= 4 is 17.5 Å². The zero-order valence-corrected chi connectivity index (χ0v) is 11.5. The van der Waals surface area contributed by atoms with Crippen molar-refractivity contribution in [2.45, 2.75) is 19.3 Å². The molecule has 0 heterocycles. The SMILES string of the molecule is CNCCCC(=O)Nc1ccc(CC(=O)NC)cc1. The number of anilines is 1. The van der Waals surface area contributed by atoms with Crippen LogP contribution >= 0.6 is 0 Å². The zero-order valence-electron chi connectivity index (χ0n) is 11.5. The average molecular weight is 263 g/mol. The third-order valence-electron chi connectivity index (χ3n) is 2.71. The van der Waals surface area contributed by atoms with Crippen molar-refractivity contribution in [3.63, 3.8) is 0 Å².